The first-order valence-electron chi connectivity index (χ1n) is 8.06. The van der Waals surface area contributed by atoms with Crippen molar-refractivity contribution in [3.8, 4) is 0 Å². The molecule has 1 amide bonds. The van der Waals surface area contributed by atoms with Crippen molar-refractivity contribution >= 4 is 5.91 Å². The standard InChI is InChI=1S/C18H19NO3/c1-11-2-4-12(5-3-11)18-9-8-16(20)19(18)17-13(10-21-18)14-6-7-15(17)22-14/h2-7,13-15,17H,8-10H2,1H3/t13-,14-,15+,17-,18+/m1/s1. The van der Waals surface area contributed by atoms with Crippen LogP contribution in [0.15, 0.2) is 36.4 Å². The SMILES string of the molecule is Cc1ccc([C@@]23CCC(=O)N2[C@@H]2[C@H](CO3)[C@H]3C=C[C@@H]2O3)cc1. The molecular formula is C18H19NO3. The van der Waals surface area contributed by atoms with Crippen LogP contribution in [0.5, 0.6) is 0 Å². The molecule has 1 aromatic carbocycles. The highest BCUT2D eigenvalue weighted by molar-refractivity contribution is 5.80. The minimum absolute atomic E-state index is 0.0331. The minimum atomic E-state index is -0.590. The quantitative estimate of drug-likeness (QED) is 0.745. The Kier molecular flexibility index (Phi) is 2.46. The molecular weight excluding hydrogens is 278 g/mol. The number of fused-ring (bicyclic) bond motifs is 7. The lowest BCUT2D eigenvalue weighted by molar-refractivity contribution is -0.213. The molecule has 4 aliphatic rings. The van der Waals surface area contributed by atoms with Gasteiger partial charge in [-0.05, 0) is 6.92 Å². The largest absolute Gasteiger partial charge is 0.364 e. The number of hydrogen-bond donors (Lipinski definition) is 0. The number of carbonyl (C=O) groups excluding carboxylic acids is 1. The second-order valence-corrected chi connectivity index (χ2v) is 6.83. The molecule has 114 valence electrons. The highest BCUT2D eigenvalue weighted by atomic mass is 16.5. The lowest BCUT2D eigenvalue weighted by Crippen LogP contribution is -2.61. The summed E-state index contributed by atoms with van der Waals surface area (Å²) in [4.78, 5) is 14.6. The molecule has 4 heterocycles. The third kappa shape index (κ3) is 1.47. The zero-order valence-corrected chi connectivity index (χ0v) is 12.6. The molecule has 4 heteroatoms. The maximum atomic E-state index is 12.6. The van der Waals surface area contributed by atoms with Crippen LogP contribution in [0.2, 0.25) is 0 Å². The number of ether oxygens (including phenoxy) is 2. The van der Waals surface area contributed by atoms with Gasteiger partial charge in [0.2, 0.25) is 5.91 Å². The number of nitrogens with zero attached hydrogens (tertiary/aromatic N) is 1. The maximum absolute atomic E-state index is 12.6. The van der Waals surface area contributed by atoms with E-state index < -0.39 is 5.72 Å². The molecule has 1 aromatic rings. The van der Waals surface area contributed by atoms with Crippen LogP contribution in [-0.2, 0) is 20.0 Å². The normalized spacial score (nSPS) is 41.9. The van der Waals surface area contributed by atoms with E-state index in [1.165, 1.54) is 5.56 Å². The van der Waals surface area contributed by atoms with Crippen LogP contribution in [0.25, 0.3) is 0 Å². The van der Waals surface area contributed by atoms with Gasteiger partial charge in [-0.15, -0.1) is 0 Å². The fourth-order valence-corrected chi connectivity index (χ4v) is 4.58. The average Bonchev–Trinajstić information content (AvgIpc) is 3.22. The van der Waals surface area contributed by atoms with Gasteiger partial charge in [-0.1, -0.05) is 42.0 Å². The molecule has 0 aliphatic carbocycles. The summed E-state index contributed by atoms with van der Waals surface area (Å²) in [5, 5.41) is 0. The van der Waals surface area contributed by atoms with Crippen LogP contribution >= 0.6 is 0 Å². The fourth-order valence-electron chi connectivity index (χ4n) is 4.58. The predicted molar refractivity (Wildman–Crippen MR) is 80.0 cm³/mol. The number of rotatable bonds is 1. The van der Waals surface area contributed by atoms with Gasteiger partial charge in [0.1, 0.15) is 0 Å². The van der Waals surface area contributed by atoms with Crippen LogP contribution in [0.3, 0.4) is 0 Å². The third-order valence-electron chi connectivity index (χ3n) is 5.65. The second-order valence-electron chi connectivity index (χ2n) is 6.83. The van der Waals surface area contributed by atoms with Crippen molar-refractivity contribution in [2.45, 2.75) is 43.7 Å². The Morgan fingerprint density at radius 3 is 2.77 bits per heavy atom. The van der Waals surface area contributed by atoms with Gasteiger partial charge >= 0.3 is 0 Å². The summed E-state index contributed by atoms with van der Waals surface area (Å²) in [6.07, 6.45) is 5.67. The van der Waals surface area contributed by atoms with Crippen molar-refractivity contribution in [2.24, 2.45) is 5.92 Å². The van der Waals surface area contributed by atoms with Gasteiger partial charge in [0.25, 0.3) is 0 Å². The van der Waals surface area contributed by atoms with E-state index in [1.54, 1.807) is 0 Å². The molecule has 0 saturated carbocycles. The van der Waals surface area contributed by atoms with E-state index in [-0.39, 0.29) is 30.1 Å². The summed E-state index contributed by atoms with van der Waals surface area (Å²) in [6, 6.07) is 8.52. The van der Waals surface area contributed by atoms with Crippen molar-refractivity contribution < 1.29 is 14.3 Å². The first kappa shape index (κ1) is 12.9. The molecule has 4 nitrogen and oxygen atoms in total. The van der Waals surface area contributed by atoms with E-state index in [0.29, 0.717) is 13.0 Å². The first-order chi connectivity index (χ1) is 10.7. The number of amides is 1. The number of hydrogen-bond acceptors (Lipinski definition) is 3. The third-order valence-corrected chi connectivity index (χ3v) is 5.65. The van der Waals surface area contributed by atoms with Crippen molar-refractivity contribution in [1.82, 2.24) is 4.90 Å². The van der Waals surface area contributed by atoms with Crippen LogP contribution < -0.4 is 0 Å². The van der Waals surface area contributed by atoms with Crippen molar-refractivity contribution in [3.63, 3.8) is 0 Å². The Bertz CT molecular complexity index is 667. The van der Waals surface area contributed by atoms with E-state index in [0.717, 1.165) is 12.0 Å². The van der Waals surface area contributed by atoms with Gasteiger partial charge < -0.3 is 14.4 Å². The molecule has 3 saturated heterocycles. The lowest BCUT2D eigenvalue weighted by atomic mass is 9.84. The minimum Gasteiger partial charge on any atom is -0.364 e. The summed E-state index contributed by atoms with van der Waals surface area (Å²) >= 11 is 0. The van der Waals surface area contributed by atoms with Crippen LogP contribution in [0.1, 0.15) is 24.0 Å². The Morgan fingerprint density at radius 1 is 1.18 bits per heavy atom. The Morgan fingerprint density at radius 2 is 1.95 bits per heavy atom. The molecule has 22 heavy (non-hydrogen) atoms. The summed E-state index contributed by atoms with van der Waals surface area (Å²) in [6.45, 7) is 2.74. The molecule has 0 radical (unpaired) electrons. The Balaban J connectivity index is 1.62. The van der Waals surface area contributed by atoms with Gasteiger partial charge in [-0.25, -0.2) is 0 Å². The van der Waals surface area contributed by atoms with E-state index in [4.69, 9.17) is 9.47 Å². The van der Waals surface area contributed by atoms with Crippen LogP contribution in [0, 0.1) is 12.8 Å². The summed E-state index contributed by atoms with van der Waals surface area (Å²) in [5.74, 6) is 0.468. The molecule has 5 rings (SSSR count). The molecule has 0 spiro atoms. The maximum Gasteiger partial charge on any atom is 0.225 e. The highest BCUT2D eigenvalue weighted by Crippen LogP contribution is 2.52. The molecule has 0 N–H and O–H groups in total. The van der Waals surface area contributed by atoms with Gasteiger partial charge in [-0.2, -0.15) is 0 Å². The van der Waals surface area contributed by atoms with Crippen LogP contribution in [-0.4, -0.2) is 35.7 Å². The number of aryl methyl sites for hydroxylation is 1. The zero-order valence-electron chi connectivity index (χ0n) is 12.6. The van der Waals surface area contributed by atoms with Gasteiger partial charge in [0.05, 0.1) is 24.9 Å². The van der Waals surface area contributed by atoms with Gasteiger partial charge in [0.15, 0.2) is 5.72 Å². The second kappa shape index (κ2) is 4.21. The molecule has 0 unspecified atom stereocenters. The fraction of sp³-hybridized carbons (Fsp3) is 0.500. The highest BCUT2D eigenvalue weighted by Gasteiger charge is 2.62. The van der Waals surface area contributed by atoms with Crippen LogP contribution in [0.4, 0.5) is 0 Å². The molecule has 3 fully saturated rings. The molecule has 2 bridgehead atoms. The summed E-state index contributed by atoms with van der Waals surface area (Å²) in [7, 11) is 0. The monoisotopic (exact) mass is 297 g/mol. The first-order valence-corrected chi connectivity index (χ1v) is 8.06. The molecule has 5 atom stereocenters. The Labute approximate surface area is 129 Å². The number of carbonyl (C=O) groups is 1. The smallest absolute Gasteiger partial charge is 0.225 e. The zero-order chi connectivity index (χ0) is 14.9. The van der Waals surface area contributed by atoms with E-state index >= 15 is 0 Å². The van der Waals surface area contributed by atoms with Crippen molar-refractivity contribution in [1.29, 1.82) is 0 Å². The molecule has 0 aromatic heterocycles. The van der Waals surface area contributed by atoms with E-state index in [9.17, 15) is 4.79 Å². The van der Waals surface area contributed by atoms with Crippen molar-refractivity contribution in [3.05, 3.63) is 47.5 Å². The number of benzene rings is 1. The predicted octanol–water partition coefficient (Wildman–Crippen LogP) is 2.12. The topological polar surface area (TPSA) is 38.8 Å². The lowest BCUT2D eigenvalue weighted by Gasteiger charge is -2.49. The summed E-state index contributed by atoms with van der Waals surface area (Å²) < 4.78 is 12.3. The Hall–Kier alpha value is -1.65. The van der Waals surface area contributed by atoms with Gasteiger partial charge in [-0.3, -0.25) is 4.79 Å². The van der Waals surface area contributed by atoms with Gasteiger partial charge in [0, 0.05) is 24.3 Å². The van der Waals surface area contributed by atoms with Crippen molar-refractivity contribution in [2.75, 3.05) is 6.61 Å². The molecule has 4 aliphatic heterocycles. The van der Waals surface area contributed by atoms with E-state index in [2.05, 4.69) is 43.3 Å². The van der Waals surface area contributed by atoms with E-state index in [1.807, 2.05) is 4.90 Å². The average molecular weight is 297 g/mol. The summed E-state index contributed by atoms with van der Waals surface area (Å²) in [5.41, 5.74) is 1.72.